The Kier molecular flexibility index (Phi) is 4.29. The van der Waals surface area contributed by atoms with Gasteiger partial charge < -0.3 is 10.4 Å². The van der Waals surface area contributed by atoms with Gasteiger partial charge in [-0.25, -0.2) is 0 Å². The highest BCUT2D eigenvalue weighted by atomic mass is 16.4. The number of amides is 1. The summed E-state index contributed by atoms with van der Waals surface area (Å²) in [4.78, 5) is 24.5. The number of aromatic nitrogens is 2. The number of carbonyl (C=O) groups excluding carboxylic acids is 1. The molecule has 3 aliphatic carbocycles. The molecule has 1 aromatic heterocycles. The average molecular weight is 367 g/mol. The number of fused-ring (bicyclic) bond motifs is 3. The molecule has 0 aliphatic heterocycles. The van der Waals surface area contributed by atoms with E-state index in [-0.39, 0.29) is 11.4 Å². The molecular formula is C21H25N3O3. The number of carbonyl (C=O) groups is 2. The minimum absolute atomic E-state index is 0.100. The number of carboxylic acid groups (broad SMARTS) is 1. The van der Waals surface area contributed by atoms with Crippen molar-refractivity contribution in [2.45, 2.75) is 57.5 Å². The molecule has 3 fully saturated rings. The third kappa shape index (κ3) is 3.24. The Labute approximate surface area is 158 Å². The van der Waals surface area contributed by atoms with Crippen LogP contribution in [-0.4, -0.2) is 32.3 Å². The first-order chi connectivity index (χ1) is 12.9. The quantitative estimate of drug-likeness (QED) is 0.850. The smallest absolute Gasteiger partial charge is 0.309 e. The normalized spacial score (nSPS) is 26.7. The number of aliphatic carboxylic acids is 1. The number of benzene rings is 1. The van der Waals surface area contributed by atoms with Crippen LogP contribution in [0.4, 0.5) is 0 Å². The summed E-state index contributed by atoms with van der Waals surface area (Å²) in [6, 6.07) is 10.0. The summed E-state index contributed by atoms with van der Waals surface area (Å²) in [7, 11) is 0. The van der Waals surface area contributed by atoms with E-state index in [2.05, 4.69) is 10.4 Å². The molecule has 1 amide bonds. The fourth-order valence-electron chi connectivity index (χ4n) is 4.59. The second-order valence-corrected chi connectivity index (χ2v) is 8.13. The third-order valence-corrected chi connectivity index (χ3v) is 6.46. The van der Waals surface area contributed by atoms with Gasteiger partial charge in [0, 0.05) is 11.7 Å². The van der Waals surface area contributed by atoms with Gasteiger partial charge in [-0.15, -0.1) is 0 Å². The van der Waals surface area contributed by atoms with Gasteiger partial charge in [0.2, 0.25) is 0 Å². The molecule has 27 heavy (non-hydrogen) atoms. The van der Waals surface area contributed by atoms with Crippen molar-refractivity contribution in [1.82, 2.24) is 15.1 Å². The summed E-state index contributed by atoms with van der Waals surface area (Å²) in [6.45, 7) is 2.48. The SMILES string of the molecule is Cc1nn(Cc2ccccc2)cc1C(=O)NC12CCC(C(=O)O)(CC1)CC2. The Morgan fingerprint density at radius 3 is 2.33 bits per heavy atom. The maximum absolute atomic E-state index is 12.9. The zero-order valence-electron chi connectivity index (χ0n) is 15.6. The molecule has 0 unspecified atom stereocenters. The molecule has 0 saturated heterocycles. The van der Waals surface area contributed by atoms with Gasteiger partial charge >= 0.3 is 5.97 Å². The number of carboxylic acids is 1. The second kappa shape index (κ2) is 6.51. The van der Waals surface area contributed by atoms with Gasteiger partial charge in [-0.05, 0) is 51.0 Å². The van der Waals surface area contributed by atoms with E-state index < -0.39 is 11.4 Å². The average Bonchev–Trinajstić information content (AvgIpc) is 3.04. The van der Waals surface area contributed by atoms with Crippen LogP contribution in [0.25, 0.3) is 0 Å². The second-order valence-electron chi connectivity index (χ2n) is 8.13. The summed E-state index contributed by atoms with van der Waals surface area (Å²) < 4.78 is 1.80. The van der Waals surface area contributed by atoms with E-state index >= 15 is 0 Å². The Morgan fingerprint density at radius 2 is 1.74 bits per heavy atom. The Bertz CT molecular complexity index is 848. The molecule has 6 heteroatoms. The van der Waals surface area contributed by atoms with Crippen molar-refractivity contribution in [3.63, 3.8) is 0 Å². The van der Waals surface area contributed by atoms with Crippen molar-refractivity contribution in [2.75, 3.05) is 0 Å². The zero-order chi connectivity index (χ0) is 19.1. The molecule has 1 heterocycles. The van der Waals surface area contributed by atoms with Crippen LogP contribution in [0.2, 0.25) is 0 Å². The Hall–Kier alpha value is -2.63. The third-order valence-electron chi connectivity index (χ3n) is 6.46. The van der Waals surface area contributed by atoms with Crippen molar-refractivity contribution < 1.29 is 14.7 Å². The van der Waals surface area contributed by atoms with E-state index in [1.54, 1.807) is 4.68 Å². The van der Waals surface area contributed by atoms with Gasteiger partial charge in [-0.3, -0.25) is 14.3 Å². The van der Waals surface area contributed by atoms with Crippen molar-refractivity contribution in [3.8, 4) is 0 Å². The molecule has 0 atom stereocenters. The maximum Gasteiger partial charge on any atom is 0.309 e. The molecule has 3 aliphatic rings. The minimum Gasteiger partial charge on any atom is -0.481 e. The molecule has 142 valence electrons. The molecule has 5 rings (SSSR count). The van der Waals surface area contributed by atoms with E-state index in [9.17, 15) is 14.7 Å². The Balaban J connectivity index is 1.46. The predicted octanol–water partition coefficient (Wildman–Crippen LogP) is 3.15. The summed E-state index contributed by atoms with van der Waals surface area (Å²) in [5.41, 5.74) is 1.62. The van der Waals surface area contributed by atoms with Gasteiger partial charge in [-0.2, -0.15) is 5.10 Å². The number of hydrogen-bond acceptors (Lipinski definition) is 3. The number of nitrogens with zero attached hydrogens (tertiary/aromatic N) is 2. The lowest BCUT2D eigenvalue weighted by atomic mass is 9.57. The molecule has 2 N–H and O–H groups in total. The van der Waals surface area contributed by atoms with Crippen LogP contribution < -0.4 is 5.32 Å². The van der Waals surface area contributed by atoms with E-state index in [4.69, 9.17) is 0 Å². The van der Waals surface area contributed by atoms with Gasteiger partial charge in [0.1, 0.15) is 0 Å². The maximum atomic E-state index is 12.9. The molecular weight excluding hydrogens is 342 g/mol. The van der Waals surface area contributed by atoms with Crippen molar-refractivity contribution in [1.29, 1.82) is 0 Å². The molecule has 3 saturated carbocycles. The lowest BCUT2D eigenvalue weighted by molar-refractivity contribution is -0.156. The van der Waals surface area contributed by atoms with Gasteiger partial charge in [0.05, 0.1) is 23.2 Å². The van der Waals surface area contributed by atoms with Gasteiger partial charge in [-0.1, -0.05) is 30.3 Å². The topological polar surface area (TPSA) is 84.2 Å². The number of nitrogens with one attached hydrogen (secondary N) is 1. The lowest BCUT2D eigenvalue weighted by Crippen LogP contribution is -2.58. The van der Waals surface area contributed by atoms with Crippen molar-refractivity contribution in [3.05, 3.63) is 53.3 Å². The van der Waals surface area contributed by atoms with Crippen molar-refractivity contribution in [2.24, 2.45) is 5.41 Å². The van der Waals surface area contributed by atoms with Crippen LogP contribution in [0.15, 0.2) is 36.5 Å². The molecule has 6 nitrogen and oxygen atoms in total. The lowest BCUT2D eigenvalue weighted by Gasteiger charge is -2.51. The summed E-state index contributed by atoms with van der Waals surface area (Å²) in [6.07, 6.45) is 5.97. The summed E-state index contributed by atoms with van der Waals surface area (Å²) >= 11 is 0. The first kappa shape index (κ1) is 17.8. The van der Waals surface area contributed by atoms with E-state index in [0.717, 1.165) is 24.8 Å². The highest BCUT2D eigenvalue weighted by molar-refractivity contribution is 5.95. The number of rotatable bonds is 5. The van der Waals surface area contributed by atoms with Crippen LogP contribution >= 0.6 is 0 Å². The predicted molar refractivity (Wildman–Crippen MR) is 100 cm³/mol. The molecule has 2 bridgehead atoms. The first-order valence-electron chi connectivity index (χ1n) is 9.55. The fraction of sp³-hybridized carbons (Fsp3) is 0.476. The highest BCUT2D eigenvalue weighted by Gasteiger charge is 2.53. The van der Waals surface area contributed by atoms with Gasteiger partial charge in [0.15, 0.2) is 0 Å². The van der Waals surface area contributed by atoms with Gasteiger partial charge in [0.25, 0.3) is 5.91 Å². The van der Waals surface area contributed by atoms with Crippen molar-refractivity contribution >= 4 is 11.9 Å². The van der Waals surface area contributed by atoms with Crippen LogP contribution in [0.5, 0.6) is 0 Å². The standard InChI is InChI=1S/C21H25N3O3/c1-15-17(14-24(23-15)13-16-5-3-2-4-6-16)18(25)22-21-10-7-20(8-11-21,9-12-21)19(26)27/h2-6,14H,7-13H2,1H3,(H,22,25)(H,26,27). The van der Waals surface area contributed by atoms with E-state index in [1.807, 2.05) is 43.5 Å². The zero-order valence-corrected chi connectivity index (χ0v) is 15.6. The van der Waals surface area contributed by atoms with Crippen LogP contribution in [-0.2, 0) is 11.3 Å². The number of aryl methyl sites for hydroxylation is 1. The van der Waals surface area contributed by atoms with E-state index in [0.29, 0.717) is 37.1 Å². The monoisotopic (exact) mass is 367 g/mol. The summed E-state index contributed by atoms with van der Waals surface area (Å²) in [5, 5.41) is 17.2. The Morgan fingerprint density at radius 1 is 1.11 bits per heavy atom. The van der Waals surface area contributed by atoms with Crippen LogP contribution in [0.3, 0.4) is 0 Å². The van der Waals surface area contributed by atoms with Crippen LogP contribution in [0, 0.1) is 12.3 Å². The summed E-state index contributed by atoms with van der Waals surface area (Å²) in [5.74, 6) is -0.781. The molecule has 2 aromatic rings. The van der Waals surface area contributed by atoms with E-state index in [1.165, 1.54) is 0 Å². The largest absolute Gasteiger partial charge is 0.481 e. The molecule has 0 spiro atoms. The van der Waals surface area contributed by atoms with Crippen LogP contribution in [0.1, 0.15) is 60.1 Å². The first-order valence-corrected chi connectivity index (χ1v) is 9.55. The molecule has 1 aromatic carbocycles. The minimum atomic E-state index is -0.680. The fourth-order valence-corrected chi connectivity index (χ4v) is 4.59. The highest BCUT2D eigenvalue weighted by Crippen LogP contribution is 2.52. The number of hydrogen-bond donors (Lipinski definition) is 2. The molecule has 0 radical (unpaired) electrons.